The number of nitrogens with zero attached hydrogens (tertiary/aromatic N) is 3. The molecule has 2 rings (SSSR count). The van der Waals surface area contributed by atoms with E-state index in [0.29, 0.717) is 13.1 Å². The van der Waals surface area contributed by atoms with Gasteiger partial charge in [-0.05, 0) is 57.7 Å². The number of carbonyl (C=O) groups is 2. The molecule has 0 aliphatic heterocycles. The fourth-order valence-corrected chi connectivity index (χ4v) is 3.90. The van der Waals surface area contributed by atoms with Gasteiger partial charge in [-0.1, -0.05) is 39.0 Å². The second-order valence-corrected chi connectivity index (χ2v) is 8.22. The Morgan fingerprint density at radius 1 is 1.13 bits per heavy atom. The van der Waals surface area contributed by atoms with Crippen LogP contribution in [0.2, 0.25) is 0 Å². The molecule has 1 aromatic carbocycles. The highest BCUT2D eigenvalue weighted by molar-refractivity contribution is 5.86. The van der Waals surface area contributed by atoms with Crippen LogP contribution in [0.15, 0.2) is 36.9 Å². The first-order valence-electron chi connectivity index (χ1n) is 11.6. The largest absolute Gasteiger partial charge is 0.353 e. The lowest BCUT2D eigenvalue weighted by atomic mass is 10.1. The monoisotopic (exact) mass is 426 g/mol. The second kappa shape index (κ2) is 12.3. The molecule has 1 heterocycles. The van der Waals surface area contributed by atoms with Crippen LogP contribution in [0, 0.1) is 0 Å². The summed E-state index contributed by atoms with van der Waals surface area (Å²) in [6, 6.07) is 8.46. The maximum absolute atomic E-state index is 13.3. The number of para-hydroxylation sites is 2. The normalized spacial score (nSPS) is 13.0. The maximum atomic E-state index is 13.3. The molecule has 0 radical (unpaired) electrons. The van der Waals surface area contributed by atoms with Gasteiger partial charge in [0.15, 0.2) is 0 Å². The van der Waals surface area contributed by atoms with Gasteiger partial charge in [-0.15, -0.1) is 0 Å². The minimum atomic E-state index is -0.132. The molecule has 170 valence electrons. The van der Waals surface area contributed by atoms with E-state index in [1.54, 1.807) is 0 Å². The van der Waals surface area contributed by atoms with E-state index in [9.17, 15) is 9.59 Å². The Balaban J connectivity index is 2.12. The highest BCUT2D eigenvalue weighted by Gasteiger charge is 2.25. The Labute approximate surface area is 186 Å². The second-order valence-electron chi connectivity index (χ2n) is 8.22. The van der Waals surface area contributed by atoms with Gasteiger partial charge in [0.1, 0.15) is 12.4 Å². The van der Waals surface area contributed by atoms with Crippen molar-refractivity contribution in [2.45, 2.75) is 84.8 Å². The maximum Gasteiger partial charge on any atom is 0.243 e. The molecule has 0 saturated carbocycles. The quantitative estimate of drug-likeness (QED) is 0.379. The molecule has 0 saturated heterocycles. The molecule has 2 atom stereocenters. The van der Waals surface area contributed by atoms with Gasteiger partial charge in [-0.25, -0.2) is 4.98 Å². The molecular formula is C25H38N4O2. The molecule has 2 amide bonds. The van der Waals surface area contributed by atoms with Gasteiger partial charge in [-0.3, -0.25) is 9.59 Å². The zero-order chi connectivity index (χ0) is 22.8. The molecule has 0 bridgehead atoms. The van der Waals surface area contributed by atoms with Crippen molar-refractivity contribution in [3.05, 3.63) is 42.7 Å². The third kappa shape index (κ3) is 6.68. The summed E-state index contributed by atoms with van der Waals surface area (Å²) in [5.41, 5.74) is 1.94. The first-order chi connectivity index (χ1) is 14.9. The fraction of sp³-hybridized carbons (Fsp3) is 0.560. The Hall–Kier alpha value is -2.63. The van der Waals surface area contributed by atoms with E-state index >= 15 is 0 Å². The number of carbonyl (C=O) groups excluding carboxylic acids is 2. The van der Waals surface area contributed by atoms with Crippen LogP contribution in [-0.4, -0.2) is 44.9 Å². The lowest BCUT2D eigenvalue weighted by molar-refractivity contribution is -0.136. The van der Waals surface area contributed by atoms with Crippen molar-refractivity contribution in [1.82, 2.24) is 19.8 Å². The van der Waals surface area contributed by atoms with Crippen molar-refractivity contribution < 1.29 is 9.59 Å². The molecule has 0 spiro atoms. The van der Waals surface area contributed by atoms with Crippen LogP contribution in [0.1, 0.15) is 65.6 Å². The van der Waals surface area contributed by atoms with Crippen LogP contribution < -0.4 is 5.32 Å². The van der Waals surface area contributed by atoms with E-state index < -0.39 is 0 Å². The van der Waals surface area contributed by atoms with E-state index in [1.807, 2.05) is 29.2 Å². The molecule has 31 heavy (non-hydrogen) atoms. The SMILES string of the molecule is C=CC(=O)NCCCCCc1nc2ccccc2n1CC(=O)N(C(C)CC)C(C)CC. The summed E-state index contributed by atoms with van der Waals surface area (Å²) in [4.78, 5) is 31.4. The Morgan fingerprint density at radius 3 is 2.45 bits per heavy atom. The van der Waals surface area contributed by atoms with Gasteiger partial charge >= 0.3 is 0 Å². The molecule has 6 heteroatoms. The Morgan fingerprint density at radius 2 is 1.81 bits per heavy atom. The lowest BCUT2D eigenvalue weighted by Gasteiger charge is -2.34. The topological polar surface area (TPSA) is 67.2 Å². The fourth-order valence-electron chi connectivity index (χ4n) is 3.90. The summed E-state index contributed by atoms with van der Waals surface area (Å²) in [7, 11) is 0. The predicted octanol–water partition coefficient (Wildman–Crippen LogP) is 4.48. The van der Waals surface area contributed by atoms with Crippen molar-refractivity contribution in [3.8, 4) is 0 Å². The summed E-state index contributed by atoms with van der Waals surface area (Å²) in [6.07, 6.45) is 6.84. The molecule has 2 aromatic rings. The van der Waals surface area contributed by atoms with Crippen molar-refractivity contribution in [1.29, 1.82) is 0 Å². The van der Waals surface area contributed by atoms with Gasteiger partial charge in [0.2, 0.25) is 11.8 Å². The minimum absolute atomic E-state index is 0.132. The Bertz CT molecular complexity index is 864. The number of imidazole rings is 1. The number of aryl methyl sites for hydroxylation is 1. The summed E-state index contributed by atoms with van der Waals surface area (Å²) < 4.78 is 2.09. The molecule has 2 unspecified atom stereocenters. The summed E-state index contributed by atoms with van der Waals surface area (Å²) in [6.45, 7) is 12.9. The van der Waals surface area contributed by atoms with E-state index in [1.165, 1.54) is 6.08 Å². The molecule has 1 N–H and O–H groups in total. The standard InChI is InChI=1S/C25H38N4O2/c1-6-19(4)29(20(5)7-2)25(31)18-28-22-15-12-11-14-21(22)27-23(28)16-10-9-13-17-26-24(30)8-3/h8,11-12,14-15,19-20H,3,6-7,9-10,13,16-18H2,1-2,4-5H3,(H,26,30). The van der Waals surface area contributed by atoms with E-state index in [-0.39, 0.29) is 23.9 Å². The Kier molecular flexibility index (Phi) is 9.76. The smallest absolute Gasteiger partial charge is 0.243 e. The number of unbranched alkanes of at least 4 members (excludes halogenated alkanes) is 2. The summed E-state index contributed by atoms with van der Waals surface area (Å²) >= 11 is 0. The van der Waals surface area contributed by atoms with Crippen molar-refractivity contribution in [2.75, 3.05) is 6.54 Å². The van der Waals surface area contributed by atoms with Gasteiger partial charge in [0.25, 0.3) is 0 Å². The number of hydrogen-bond acceptors (Lipinski definition) is 3. The first-order valence-corrected chi connectivity index (χ1v) is 11.6. The van der Waals surface area contributed by atoms with E-state index in [2.05, 4.69) is 44.2 Å². The van der Waals surface area contributed by atoms with Crippen LogP contribution in [-0.2, 0) is 22.6 Å². The minimum Gasteiger partial charge on any atom is -0.353 e. The van der Waals surface area contributed by atoms with E-state index in [4.69, 9.17) is 4.98 Å². The molecule has 0 aliphatic rings. The van der Waals surface area contributed by atoms with Crippen molar-refractivity contribution in [2.24, 2.45) is 0 Å². The highest BCUT2D eigenvalue weighted by Crippen LogP contribution is 2.20. The zero-order valence-corrected chi connectivity index (χ0v) is 19.6. The van der Waals surface area contributed by atoms with Gasteiger partial charge in [0, 0.05) is 25.0 Å². The van der Waals surface area contributed by atoms with Crippen molar-refractivity contribution in [3.63, 3.8) is 0 Å². The number of fused-ring (bicyclic) bond motifs is 1. The molecule has 6 nitrogen and oxygen atoms in total. The van der Waals surface area contributed by atoms with Crippen molar-refractivity contribution >= 4 is 22.8 Å². The zero-order valence-electron chi connectivity index (χ0n) is 19.6. The van der Waals surface area contributed by atoms with Crippen LogP contribution in [0.4, 0.5) is 0 Å². The van der Waals surface area contributed by atoms with Crippen LogP contribution in [0.3, 0.4) is 0 Å². The number of aromatic nitrogens is 2. The predicted molar refractivity (Wildman–Crippen MR) is 127 cm³/mol. The van der Waals surface area contributed by atoms with Crippen LogP contribution in [0.25, 0.3) is 11.0 Å². The summed E-state index contributed by atoms with van der Waals surface area (Å²) in [5, 5.41) is 2.81. The number of nitrogens with one attached hydrogen (secondary N) is 1. The van der Waals surface area contributed by atoms with E-state index in [0.717, 1.165) is 55.4 Å². The first kappa shape index (κ1) is 24.6. The highest BCUT2D eigenvalue weighted by atomic mass is 16.2. The average Bonchev–Trinajstić information content (AvgIpc) is 3.12. The molecular weight excluding hydrogens is 388 g/mol. The average molecular weight is 427 g/mol. The number of benzene rings is 1. The number of rotatable bonds is 13. The third-order valence-corrected chi connectivity index (χ3v) is 6.01. The molecule has 0 fully saturated rings. The number of amides is 2. The lowest BCUT2D eigenvalue weighted by Crippen LogP contribution is -2.45. The molecule has 1 aromatic heterocycles. The van der Waals surface area contributed by atoms with Gasteiger partial charge < -0.3 is 14.8 Å². The van der Waals surface area contributed by atoms with Gasteiger partial charge in [0.05, 0.1) is 11.0 Å². The molecule has 0 aliphatic carbocycles. The third-order valence-electron chi connectivity index (χ3n) is 6.01. The van der Waals surface area contributed by atoms with Crippen LogP contribution >= 0.6 is 0 Å². The van der Waals surface area contributed by atoms with Gasteiger partial charge in [-0.2, -0.15) is 0 Å². The van der Waals surface area contributed by atoms with Crippen LogP contribution in [0.5, 0.6) is 0 Å². The number of hydrogen-bond donors (Lipinski definition) is 1. The summed E-state index contributed by atoms with van der Waals surface area (Å²) in [5.74, 6) is 0.977.